The maximum Gasteiger partial charge on any atom is 0.251 e. The van der Waals surface area contributed by atoms with Crippen LogP contribution in [0.1, 0.15) is 37.6 Å². The van der Waals surface area contributed by atoms with Gasteiger partial charge in [0, 0.05) is 43.1 Å². The second kappa shape index (κ2) is 9.95. The van der Waals surface area contributed by atoms with Gasteiger partial charge in [0.05, 0.1) is 0 Å². The number of hydrogen-bond acceptors (Lipinski definition) is 5. The van der Waals surface area contributed by atoms with E-state index in [1.165, 1.54) is 0 Å². The Hall–Kier alpha value is -2.56. The fraction of sp³-hybridized carbons (Fsp3) is 0.500. The molecular formula is C20H27N3O4. The van der Waals surface area contributed by atoms with E-state index in [-0.39, 0.29) is 24.3 Å². The number of hydroxylamine groups is 1. The minimum Gasteiger partial charge on any atom is -0.481 e. The number of carbonyl (C=O) groups excluding carboxylic acids is 2. The number of likely N-dealkylation sites (tertiary alicyclic amines) is 1. The molecule has 0 aromatic heterocycles. The number of amides is 2. The number of hydrogen-bond donors (Lipinski definition) is 3. The van der Waals surface area contributed by atoms with Crippen LogP contribution in [0, 0.1) is 17.8 Å². The van der Waals surface area contributed by atoms with E-state index in [1.807, 2.05) is 0 Å². The van der Waals surface area contributed by atoms with Gasteiger partial charge in [-0.3, -0.25) is 19.7 Å². The monoisotopic (exact) mass is 373 g/mol. The second-order valence-electron chi connectivity index (χ2n) is 6.87. The third kappa shape index (κ3) is 5.98. The SMILES string of the molecule is CC#CCOc1ccc(C(=O)N[C@@H]2CN(C(C)C)C[C@@H]2CC(=O)NO)cc1. The number of carbonyl (C=O) groups is 2. The van der Waals surface area contributed by atoms with Gasteiger partial charge in [-0.2, -0.15) is 0 Å². The highest BCUT2D eigenvalue weighted by Crippen LogP contribution is 2.23. The lowest BCUT2D eigenvalue weighted by atomic mass is 9.99. The van der Waals surface area contributed by atoms with Crippen molar-refractivity contribution in [1.82, 2.24) is 15.7 Å². The van der Waals surface area contributed by atoms with Crippen molar-refractivity contribution in [2.24, 2.45) is 5.92 Å². The minimum atomic E-state index is -0.443. The molecule has 1 aromatic rings. The molecule has 1 aliphatic rings. The summed E-state index contributed by atoms with van der Waals surface area (Å²) in [6, 6.07) is 7.03. The van der Waals surface area contributed by atoms with E-state index in [0.717, 1.165) is 0 Å². The predicted octanol–water partition coefficient (Wildman–Crippen LogP) is 1.42. The molecule has 0 saturated carbocycles. The Kier molecular flexibility index (Phi) is 7.65. The summed E-state index contributed by atoms with van der Waals surface area (Å²) < 4.78 is 5.45. The Morgan fingerprint density at radius 3 is 2.59 bits per heavy atom. The van der Waals surface area contributed by atoms with E-state index in [1.54, 1.807) is 36.7 Å². The zero-order valence-electron chi connectivity index (χ0n) is 16.0. The van der Waals surface area contributed by atoms with Crippen molar-refractivity contribution in [1.29, 1.82) is 0 Å². The fourth-order valence-electron chi connectivity index (χ4n) is 3.13. The zero-order valence-corrected chi connectivity index (χ0v) is 16.0. The lowest BCUT2D eigenvalue weighted by molar-refractivity contribution is -0.130. The molecule has 0 radical (unpaired) electrons. The van der Waals surface area contributed by atoms with Crippen molar-refractivity contribution in [2.75, 3.05) is 19.7 Å². The van der Waals surface area contributed by atoms with Gasteiger partial charge in [0.15, 0.2) is 0 Å². The molecule has 7 heteroatoms. The molecule has 1 aromatic carbocycles. The van der Waals surface area contributed by atoms with E-state index in [0.29, 0.717) is 37.1 Å². The van der Waals surface area contributed by atoms with E-state index >= 15 is 0 Å². The number of benzene rings is 1. The molecule has 27 heavy (non-hydrogen) atoms. The third-order valence-electron chi connectivity index (χ3n) is 4.69. The third-order valence-corrected chi connectivity index (χ3v) is 4.69. The van der Waals surface area contributed by atoms with Gasteiger partial charge in [-0.25, -0.2) is 5.48 Å². The number of nitrogens with one attached hydrogen (secondary N) is 2. The van der Waals surface area contributed by atoms with Gasteiger partial charge >= 0.3 is 0 Å². The topological polar surface area (TPSA) is 90.9 Å². The Bertz CT molecular complexity index is 706. The van der Waals surface area contributed by atoms with Crippen LogP contribution in [0.4, 0.5) is 0 Å². The van der Waals surface area contributed by atoms with Gasteiger partial charge < -0.3 is 10.1 Å². The maximum atomic E-state index is 12.6. The van der Waals surface area contributed by atoms with Gasteiger partial charge in [0.25, 0.3) is 5.91 Å². The van der Waals surface area contributed by atoms with Gasteiger partial charge in [-0.05, 0) is 45.0 Å². The summed E-state index contributed by atoms with van der Waals surface area (Å²) in [5.41, 5.74) is 2.20. The summed E-state index contributed by atoms with van der Waals surface area (Å²) in [6.07, 6.45) is 0.163. The van der Waals surface area contributed by atoms with E-state index in [9.17, 15) is 9.59 Å². The maximum absolute atomic E-state index is 12.6. The first-order chi connectivity index (χ1) is 12.9. The highest BCUT2D eigenvalue weighted by Gasteiger charge is 2.36. The average molecular weight is 373 g/mol. The number of nitrogens with zero attached hydrogens (tertiary/aromatic N) is 1. The van der Waals surface area contributed by atoms with E-state index in [4.69, 9.17) is 9.94 Å². The number of rotatable bonds is 7. The standard InChI is InChI=1S/C20H27N3O4/c1-4-5-10-27-17-8-6-15(7-9-17)20(25)21-18-13-23(14(2)3)12-16(18)11-19(24)22-26/h6-9,14,16,18,26H,10-13H2,1-3H3,(H,21,25)(H,22,24)/t16-,18+/m0/s1. The molecule has 1 saturated heterocycles. The van der Waals surface area contributed by atoms with E-state index < -0.39 is 5.91 Å². The van der Waals surface area contributed by atoms with Crippen LogP contribution < -0.4 is 15.5 Å². The normalized spacial score (nSPS) is 19.3. The van der Waals surface area contributed by atoms with Crippen LogP contribution in [0.2, 0.25) is 0 Å². The van der Waals surface area contributed by atoms with Crippen molar-refractivity contribution in [3.8, 4) is 17.6 Å². The Balaban J connectivity index is 2.00. The van der Waals surface area contributed by atoms with Crippen LogP contribution in [0.3, 0.4) is 0 Å². The highest BCUT2D eigenvalue weighted by atomic mass is 16.5. The molecule has 2 rings (SSSR count). The van der Waals surface area contributed by atoms with Gasteiger partial charge in [0.1, 0.15) is 12.4 Å². The van der Waals surface area contributed by atoms with E-state index in [2.05, 4.69) is 35.9 Å². The first kappa shape index (κ1) is 20.7. The molecule has 2 amide bonds. The molecule has 3 N–H and O–H groups in total. The molecule has 0 bridgehead atoms. The van der Waals surface area contributed by atoms with Crippen molar-refractivity contribution >= 4 is 11.8 Å². The summed E-state index contributed by atoms with van der Waals surface area (Å²) >= 11 is 0. The molecule has 0 unspecified atom stereocenters. The summed E-state index contributed by atoms with van der Waals surface area (Å²) in [7, 11) is 0. The summed E-state index contributed by atoms with van der Waals surface area (Å²) in [4.78, 5) is 26.4. The van der Waals surface area contributed by atoms with Crippen LogP contribution in [0.5, 0.6) is 5.75 Å². The quantitative estimate of drug-likeness (QED) is 0.382. The van der Waals surface area contributed by atoms with Crippen LogP contribution in [0.25, 0.3) is 0 Å². The lowest BCUT2D eigenvalue weighted by Gasteiger charge is -2.20. The Morgan fingerprint density at radius 2 is 2.00 bits per heavy atom. The molecule has 0 spiro atoms. The van der Waals surface area contributed by atoms with Gasteiger partial charge in [0.2, 0.25) is 5.91 Å². The molecule has 146 valence electrons. The lowest BCUT2D eigenvalue weighted by Crippen LogP contribution is -2.42. The smallest absolute Gasteiger partial charge is 0.251 e. The van der Waals surface area contributed by atoms with Crippen molar-refractivity contribution in [3.05, 3.63) is 29.8 Å². The summed E-state index contributed by atoms with van der Waals surface area (Å²) in [5, 5.41) is 11.8. The summed E-state index contributed by atoms with van der Waals surface area (Å²) in [5.74, 6) is 5.53. The molecule has 1 heterocycles. The number of ether oxygens (including phenoxy) is 1. The molecule has 2 atom stereocenters. The Morgan fingerprint density at radius 1 is 1.30 bits per heavy atom. The second-order valence-corrected chi connectivity index (χ2v) is 6.87. The van der Waals surface area contributed by atoms with Crippen LogP contribution in [-0.2, 0) is 4.79 Å². The molecule has 0 aliphatic carbocycles. The fourth-order valence-corrected chi connectivity index (χ4v) is 3.13. The highest BCUT2D eigenvalue weighted by molar-refractivity contribution is 5.94. The van der Waals surface area contributed by atoms with Crippen LogP contribution in [0.15, 0.2) is 24.3 Å². The van der Waals surface area contributed by atoms with Gasteiger partial charge in [-0.15, -0.1) is 5.92 Å². The van der Waals surface area contributed by atoms with Crippen molar-refractivity contribution < 1.29 is 19.5 Å². The van der Waals surface area contributed by atoms with Crippen LogP contribution >= 0.6 is 0 Å². The molecule has 1 fully saturated rings. The molecular weight excluding hydrogens is 346 g/mol. The minimum absolute atomic E-state index is 0.0567. The van der Waals surface area contributed by atoms with Gasteiger partial charge in [-0.1, -0.05) is 5.92 Å². The average Bonchev–Trinajstić information content (AvgIpc) is 3.05. The first-order valence-electron chi connectivity index (χ1n) is 9.05. The largest absolute Gasteiger partial charge is 0.481 e. The van der Waals surface area contributed by atoms with Crippen LogP contribution in [-0.4, -0.2) is 53.7 Å². The van der Waals surface area contributed by atoms with Crippen molar-refractivity contribution in [3.63, 3.8) is 0 Å². The van der Waals surface area contributed by atoms with Crippen molar-refractivity contribution in [2.45, 2.75) is 39.3 Å². The zero-order chi connectivity index (χ0) is 19.8. The first-order valence-corrected chi connectivity index (χ1v) is 9.05. The Labute approximate surface area is 160 Å². The predicted molar refractivity (Wildman–Crippen MR) is 101 cm³/mol. The molecule has 7 nitrogen and oxygen atoms in total. The summed E-state index contributed by atoms with van der Waals surface area (Å²) in [6.45, 7) is 7.58. The molecule has 1 aliphatic heterocycles.